The van der Waals surface area contributed by atoms with Crippen molar-refractivity contribution in [3.05, 3.63) is 0 Å². The minimum absolute atomic E-state index is 0.672. The lowest BCUT2D eigenvalue weighted by molar-refractivity contribution is 0.138. The van der Waals surface area contributed by atoms with Crippen molar-refractivity contribution in [1.29, 1.82) is 0 Å². The van der Waals surface area contributed by atoms with Gasteiger partial charge in [-0.2, -0.15) is 0 Å². The van der Waals surface area contributed by atoms with Crippen LogP contribution >= 0.6 is 0 Å². The first-order valence-electron chi connectivity index (χ1n) is 6.59. The molecular formula is C13H28N2. The SMILES string of the molecule is CCC(C)NCCN1CCC(C)C(C)C1. The Hall–Kier alpha value is -0.0800. The van der Waals surface area contributed by atoms with Crippen LogP contribution < -0.4 is 5.32 Å². The van der Waals surface area contributed by atoms with Crippen LogP contribution in [0.1, 0.15) is 40.5 Å². The molecule has 2 heteroatoms. The molecule has 0 aromatic carbocycles. The predicted molar refractivity (Wildman–Crippen MR) is 67.1 cm³/mol. The number of likely N-dealkylation sites (tertiary alicyclic amines) is 1. The molecule has 2 nitrogen and oxygen atoms in total. The molecule has 15 heavy (non-hydrogen) atoms. The summed E-state index contributed by atoms with van der Waals surface area (Å²) in [6.07, 6.45) is 2.61. The van der Waals surface area contributed by atoms with Crippen LogP contribution in [0.2, 0.25) is 0 Å². The molecule has 1 N–H and O–H groups in total. The van der Waals surface area contributed by atoms with E-state index in [9.17, 15) is 0 Å². The van der Waals surface area contributed by atoms with E-state index >= 15 is 0 Å². The zero-order chi connectivity index (χ0) is 11.3. The van der Waals surface area contributed by atoms with Gasteiger partial charge in [0.05, 0.1) is 0 Å². The highest BCUT2D eigenvalue weighted by molar-refractivity contribution is 4.75. The van der Waals surface area contributed by atoms with E-state index in [1.165, 1.54) is 32.5 Å². The van der Waals surface area contributed by atoms with E-state index in [1.807, 2.05) is 0 Å². The van der Waals surface area contributed by atoms with E-state index in [0.717, 1.165) is 18.4 Å². The first kappa shape index (κ1) is 13.0. The van der Waals surface area contributed by atoms with Crippen molar-refractivity contribution in [2.24, 2.45) is 11.8 Å². The summed E-state index contributed by atoms with van der Waals surface area (Å²) in [7, 11) is 0. The van der Waals surface area contributed by atoms with Gasteiger partial charge in [-0.3, -0.25) is 0 Å². The summed E-state index contributed by atoms with van der Waals surface area (Å²) in [5.74, 6) is 1.80. The minimum atomic E-state index is 0.672. The van der Waals surface area contributed by atoms with Gasteiger partial charge in [0.15, 0.2) is 0 Å². The third-order valence-electron chi connectivity index (χ3n) is 3.95. The van der Waals surface area contributed by atoms with E-state index in [-0.39, 0.29) is 0 Å². The lowest BCUT2D eigenvalue weighted by atomic mass is 9.89. The van der Waals surface area contributed by atoms with Crippen molar-refractivity contribution in [1.82, 2.24) is 10.2 Å². The summed E-state index contributed by atoms with van der Waals surface area (Å²) >= 11 is 0. The molecule has 0 aromatic heterocycles. The molecule has 1 rings (SSSR count). The maximum atomic E-state index is 3.56. The van der Waals surface area contributed by atoms with Gasteiger partial charge in [0.1, 0.15) is 0 Å². The fraction of sp³-hybridized carbons (Fsp3) is 1.00. The molecule has 1 heterocycles. The van der Waals surface area contributed by atoms with Gasteiger partial charge in [0, 0.05) is 25.7 Å². The second kappa shape index (κ2) is 6.49. The molecular weight excluding hydrogens is 184 g/mol. The molecule has 1 aliphatic heterocycles. The average Bonchev–Trinajstić information content (AvgIpc) is 2.23. The Balaban J connectivity index is 2.12. The first-order valence-corrected chi connectivity index (χ1v) is 6.59. The molecule has 0 saturated carbocycles. The highest BCUT2D eigenvalue weighted by Gasteiger charge is 2.21. The molecule has 0 spiro atoms. The van der Waals surface area contributed by atoms with Gasteiger partial charge < -0.3 is 10.2 Å². The van der Waals surface area contributed by atoms with E-state index in [4.69, 9.17) is 0 Å². The number of piperidine rings is 1. The summed E-state index contributed by atoms with van der Waals surface area (Å²) in [5, 5.41) is 3.56. The van der Waals surface area contributed by atoms with Crippen molar-refractivity contribution in [3.63, 3.8) is 0 Å². The second-order valence-electron chi connectivity index (χ2n) is 5.31. The fourth-order valence-corrected chi connectivity index (χ4v) is 2.17. The van der Waals surface area contributed by atoms with Gasteiger partial charge in [-0.25, -0.2) is 0 Å². The largest absolute Gasteiger partial charge is 0.313 e. The van der Waals surface area contributed by atoms with Crippen molar-refractivity contribution >= 4 is 0 Å². The Labute approximate surface area is 95.4 Å². The van der Waals surface area contributed by atoms with Gasteiger partial charge in [-0.1, -0.05) is 20.8 Å². The van der Waals surface area contributed by atoms with Crippen LogP contribution in [0.4, 0.5) is 0 Å². The van der Waals surface area contributed by atoms with E-state index in [0.29, 0.717) is 6.04 Å². The molecule has 0 bridgehead atoms. The summed E-state index contributed by atoms with van der Waals surface area (Å²) in [6.45, 7) is 14.2. The molecule has 3 unspecified atom stereocenters. The van der Waals surface area contributed by atoms with E-state index < -0.39 is 0 Å². The monoisotopic (exact) mass is 212 g/mol. The van der Waals surface area contributed by atoms with Gasteiger partial charge in [-0.05, 0) is 38.1 Å². The Bertz CT molecular complexity index is 170. The van der Waals surface area contributed by atoms with Crippen LogP contribution in [0.3, 0.4) is 0 Å². The lowest BCUT2D eigenvalue weighted by Gasteiger charge is -2.35. The predicted octanol–water partition coefficient (Wildman–Crippen LogP) is 2.35. The summed E-state index contributed by atoms with van der Waals surface area (Å²) in [6, 6.07) is 0.672. The van der Waals surface area contributed by atoms with Crippen LogP contribution in [0.5, 0.6) is 0 Å². The first-order chi connectivity index (χ1) is 7.13. The Morgan fingerprint density at radius 3 is 2.67 bits per heavy atom. The van der Waals surface area contributed by atoms with Gasteiger partial charge >= 0.3 is 0 Å². The summed E-state index contributed by atoms with van der Waals surface area (Å²) in [5.41, 5.74) is 0. The molecule has 1 saturated heterocycles. The normalized spacial score (nSPS) is 30.4. The Kier molecular flexibility index (Phi) is 5.62. The third kappa shape index (κ3) is 4.52. The molecule has 0 amide bonds. The number of hydrogen-bond donors (Lipinski definition) is 1. The molecule has 1 aliphatic rings. The van der Waals surface area contributed by atoms with Crippen LogP contribution in [-0.2, 0) is 0 Å². The van der Waals surface area contributed by atoms with Crippen molar-refractivity contribution in [2.45, 2.75) is 46.6 Å². The molecule has 90 valence electrons. The fourth-order valence-electron chi connectivity index (χ4n) is 2.17. The lowest BCUT2D eigenvalue weighted by Crippen LogP contribution is -2.42. The topological polar surface area (TPSA) is 15.3 Å². The number of nitrogens with zero attached hydrogens (tertiary/aromatic N) is 1. The van der Waals surface area contributed by atoms with Crippen molar-refractivity contribution in [3.8, 4) is 0 Å². The van der Waals surface area contributed by atoms with Crippen LogP contribution in [0, 0.1) is 11.8 Å². The van der Waals surface area contributed by atoms with Crippen LogP contribution in [0.15, 0.2) is 0 Å². The number of nitrogens with one attached hydrogen (secondary N) is 1. The van der Waals surface area contributed by atoms with Crippen molar-refractivity contribution < 1.29 is 0 Å². The quantitative estimate of drug-likeness (QED) is 0.752. The van der Waals surface area contributed by atoms with Crippen LogP contribution in [0.25, 0.3) is 0 Å². The third-order valence-corrected chi connectivity index (χ3v) is 3.95. The standard InChI is InChI=1S/C13H28N2/c1-5-13(4)14-7-9-15-8-6-11(2)12(3)10-15/h11-14H,5-10H2,1-4H3. The van der Waals surface area contributed by atoms with Crippen molar-refractivity contribution in [2.75, 3.05) is 26.2 Å². The highest BCUT2D eigenvalue weighted by Crippen LogP contribution is 2.21. The molecule has 0 aromatic rings. The summed E-state index contributed by atoms with van der Waals surface area (Å²) < 4.78 is 0. The highest BCUT2D eigenvalue weighted by atomic mass is 15.1. The zero-order valence-electron chi connectivity index (χ0n) is 10.9. The Morgan fingerprint density at radius 1 is 1.33 bits per heavy atom. The molecule has 1 fully saturated rings. The molecule has 3 atom stereocenters. The van der Waals surface area contributed by atoms with Gasteiger partial charge in [-0.15, -0.1) is 0 Å². The maximum absolute atomic E-state index is 3.56. The zero-order valence-corrected chi connectivity index (χ0v) is 10.9. The maximum Gasteiger partial charge on any atom is 0.0107 e. The molecule has 0 radical (unpaired) electrons. The second-order valence-corrected chi connectivity index (χ2v) is 5.31. The van der Waals surface area contributed by atoms with Crippen LogP contribution in [-0.4, -0.2) is 37.1 Å². The molecule has 0 aliphatic carbocycles. The van der Waals surface area contributed by atoms with E-state index in [2.05, 4.69) is 37.9 Å². The van der Waals surface area contributed by atoms with E-state index in [1.54, 1.807) is 0 Å². The van der Waals surface area contributed by atoms with Gasteiger partial charge in [0.2, 0.25) is 0 Å². The summed E-state index contributed by atoms with van der Waals surface area (Å²) in [4.78, 5) is 2.61. The number of rotatable bonds is 5. The smallest absolute Gasteiger partial charge is 0.0107 e. The van der Waals surface area contributed by atoms with Gasteiger partial charge in [0.25, 0.3) is 0 Å². The minimum Gasteiger partial charge on any atom is -0.313 e. The Morgan fingerprint density at radius 2 is 2.07 bits per heavy atom. The number of hydrogen-bond acceptors (Lipinski definition) is 2. The average molecular weight is 212 g/mol.